The first kappa shape index (κ1) is 16.8. The maximum Gasteiger partial charge on any atom is 0.0712 e. The van der Waals surface area contributed by atoms with Crippen molar-refractivity contribution >= 4 is 11.6 Å². The Labute approximate surface area is 134 Å². The number of hydrogen-bond acceptors (Lipinski definition) is 2. The van der Waals surface area contributed by atoms with Gasteiger partial charge in [-0.15, -0.1) is 11.6 Å². The molecule has 4 unspecified atom stereocenters. The summed E-state index contributed by atoms with van der Waals surface area (Å²) in [5, 5.41) is 0.0495. The van der Waals surface area contributed by atoms with Crippen molar-refractivity contribution in [3.8, 4) is 0 Å². The average Bonchev–Trinajstić information content (AvgIpc) is 2.45. The molecule has 0 bridgehead atoms. The van der Waals surface area contributed by atoms with Gasteiger partial charge in [-0.25, -0.2) is 0 Å². The Kier molecular flexibility index (Phi) is 6.09. The van der Waals surface area contributed by atoms with Crippen LogP contribution in [0.2, 0.25) is 0 Å². The molecule has 0 radical (unpaired) electrons. The normalized spacial score (nSPS) is 26.5. The topological polar surface area (TPSA) is 12.5 Å². The number of hydrogen-bond donors (Lipinski definition) is 0. The zero-order chi connectivity index (χ0) is 15.4. The summed E-state index contributed by atoms with van der Waals surface area (Å²) in [6, 6.07) is 8.83. The van der Waals surface area contributed by atoms with Crippen LogP contribution in [0, 0.1) is 0 Å². The van der Waals surface area contributed by atoms with E-state index in [9.17, 15) is 0 Å². The second kappa shape index (κ2) is 7.62. The highest BCUT2D eigenvalue weighted by Gasteiger charge is 2.24. The van der Waals surface area contributed by atoms with Gasteiger partial charge in [0, 0.05) is 19.6 Å². The van der Waals surface area contributed by atoms with Crippen molar-refractivity contribution in [1.29, 1.82) is 0 Å². The summed E-state index contributed by atoms with van der Waals surface area (Å²) < 4.78 is 5.77. The Hall–Kier alpha value is -0.570. The third kappa shape index (κ3) is 4.70. The first-order valence-corrected chi connectivity index (χ1v) is 8.55. The molecule has 0 amide bonds. The van der Waals surface area contributed by atoms with Gasteiger partial charge < -0.3 is 4.74 Å². The van der Waals surface area contributed by atoms with Gasteiger partial charge in [0.25, 0.3) is 0 Å². The SMILES string of the molecule is CCC(C)c1ccc(C(Cl)CN2CC(C)OC(C)C2)cc1. The maximum absolute atomic E-state index is 6.62. The number of halogens is 1. The van der Waals surface area contributed by atoms with Gasteiger partial charge in [0.15, 0.2) is 0 Å². The molecule has 0 aromatic heterocycles. The third-order valence-electron chi connectivity index (χ3n) is 4.39. The van der Waals surface area contributed by atoms with Crippen LogP contribution in [0.3, 0.4) is 0 Å². The van der Waals surface area contributed by atoms with Gasteiger partial charge in [-0.05, 0) is 37.3 Å². The Balaban J connectivity index is 1.95. The highest BCUT2D eigenvalue weighted by Crippen LogP contribution is 2.26. The molecular weight excluding hydrogens is 282 g/mol. The Bertz CT molecular complexity index is 423. The standard InChI is InChI=1S/C18H28ClNO/c1-5-13(2)16-6-8-17(9-7-16)18(19)12-20-10-14(3)21-15(4)11-20/h6-9,13-15,18H,5,10-12H2,1-4H3. The van der Waals surface area contributed by atoms with Crippen molar-refractivity contribution in [2.75, 3.05) is 19.6 Å². The predicted octanol–water partition coefficient (Wildman–Crippen LogP) is 4.59. The molecule has 0 spiro atoms. The fourth-order valence-corrected chi connectivity index (χ4v) is 3.38. The molecule has 1 aromatic rings. The smallest absolute Gasteiger partial charge is 0.0712 e. The first-order valence-electron chi connectivity index (χ1n) is 8.11. The molecule has 2 rings (SSSR count). The molecule has 0 saturated carbocycles. The van der Waals surface area contributed by atoms with Crippen molar-refractivity contribution in [1.82, 2.24) is 4.90 Å². The van der Waals surface area contributed by atoms with E-state index in [4.69, 9.17) is 16.3 Å². The lowest BCUT2D eigenvalue weighted by atomic mass is 9.97. The minimum absolute atomic E-state index is 0.0495. The summed E-state index contributed by atoms with van der Waals surface area (Å²) in [5.41, 5.74) is 2.62. The van der Waals surface area contributed by atoms with Crippen LogP contribution in [-0.2, 0) is 4.74 Å². The fraction of sp³-hybridized carbons (Fsp3) is 0.667. The molecule has 1 fully saturated rings. The van der Waals surface area contributed by atoms with Gasteiger partial charge in [-0.2, -0.15) is 0 Å². The van der Waals surface area contributed by atoms with Crippen LogP contribution in [0.5, 0.6) is 0 Å². The van der Waals surface area contributed by atoms with E-state index in [-0.39, 0.29) is 5.38 Å². The van der Waals surface area contributed by atoms with E-state index in [2.05, 4.69) is 56.9 Å². The number of rotatable bonds is 5. The van der Waals surface area contributed by atoms with E-state index < -0.39 is 0 Å². The third-order valence-corrected chi connectivity index (χ3v) is 4.78. The first-order chi connectivity index (χ1) is 9.99. The minimum atomic E-state index is 0.0495. The van der Waals surface area contributed by atoms with Crippen LogP contribution in [0.25, 0.3) is 0 Å². The van der Waals surface area contributed by atoms with Crippen molar-refractivity contribution in [3.63, 3.8) is 0 Å². The van der Waals surface area contributed by atoms with E-state index in [1.54, 1.807) is 0 Å². The van der Waals surface area contributed by atoms with Crippen molar-refractivity contribution in [3.05, 3.63) is 35.4 Å². The van der Waals surface area contributed by atoms with Gasteiger partial charge in [0.05, 0.1) is 17.6 Å². The summed E-state index contributed by atoms with van der Waals surface area (Å²) in [7, 11) is 0. The van der Waals surface area contributed by atoms with E-state index in [1.807, 2.05) is 0 Å². The molecule has 1 aliphatic heterocycles. The summed E-state index contributed by atoms with van der Waals surface area (Å²) in [6.45, 7) is 11.6. The van der Waals surface area contributed by atoms with Crippen LogP contribution >= 0.6 is 11.6 Å². The second-order valence-corrected chi connectivity index (χ2v) is 6.95. The fourth-order valence-electron chi connectivity index (χ4n) is 3.03. The summed E-state index contributed by atoms with van der Waals surface area (Å²) in [6.07, 6.45) is 1.77. The van der Waals surface area contributed by atoms with E-state index in [1.165, 1.54) is 17.5 Å². The van der Waals surface area contributed by atoms with Crippen molar-refractivity contribution in [2.45, 2.75) is 57.6 Å². The average molecular weight is 310 g/mol. The van der Waals surface area contributed by atoms with Crippen LogP contribution in [-0.4, -0.2) is 36.7 Å². The predicted molar refractivity (Wildman–Crippen MR) is 90.2 cm³/mol. The zero-order valence-corrected chi connectivity index (χ0v) is 14.4. The highest BCUT2D eigenvalue weighted by atomic mass is 35.5. The Morgan fingerprint density at radius 3 is 2.19 bits per heavy atom. The number of ether oxygens (including phenoxy) is 1. The zero-order valence-electron chi connectivity index (χ0n) is 13.7. The number of alkyl halides is 1. The molecule has 118 valence electrons. The van der Waals surface area contributed by atoms with Gasteiger partial charge in [0.2, 0.25) is 0 Å². The number of benzene rings is 1. The van der Waals surface area contributed by atoms with Crippen LogP contribution in [0.1, 0.15) is 56.5 Å². The van der Waals surface area contributed by atoms with Gasteiger partial charge in [0.1, 0.15) is 0 Å². The number of morpholine rings is 1. The Morgan fingerprint density at radius 2 is 1.67 bits per heavy atom. The molecule has 2 nitrogen and oxygen atoms in total. The maximum atomic E-state index is 6.62. The van der Waals surface area contributed by atoms with Gasteiger partial charge >= 0.3 is 0 Å². The lowest BCUT2D eigenvalue weighted by Gasteiger charge is -2.36. The monoisotopic (exact) mass is 309 g/mol. The lowest BCUT2D eigenvalue weighted by molar-refractivity contribution is -0.0678. The number of nitrogens with zero attached hydrogens (tertiary/aromatic N) is 1. The van der Waals surface area contributed by atoms with E-state index in [0.29, 0.717) is 18.1 Å². The second-order valence-electron chi connectivity index (χ2n) is 6.42. The van der Waals surface area contributed by atoms with Crippen molar-refractivity contribution in [2.24, 2.45) is 0 Å². The van der Waals surface area contributed by atoms with Crippen molar-refractivity contribution < 1.29 is 4.74 Å². The quantitative estimate of drug-likeness (QED) is 0.738. The summed E-state index contributed by atoms with van der Waals surface area (Å²) in [5.74, 6) is 0.619. The van der Waals surface area contributed by atoms with Crippen LogP contribution < -0.4 is 0 Å². The molecule has 0 N–H and O–H groups in total. The largest absolute Gasteiger partial charge is 0.373 e. The minimum Gasteiger partial charge on any atom is -0.373 e. The van der Waals surface area contributed by atoms with Crippen LogP contribution in [0.4, 0.5) is 0 Å². The lowest BCUT2D eigenvalue weighted by Crippen LogP contribution is -2.46. The Morgan fingerprint density at radius 1 is 1.14 bits per heavy atom. The van der Waals surface area contributed by atoms with Gasteiger partial charge in [-0.1, -0.05) is 38.1 Å². The molecule has 3 heteroatoms. The molecule has 1 aromatic carbocycles. The molecule has 0 aliphatic carbocycles. The molecule has 1 heterocycles. The van der Waals surface area contributed by atoms with E-state index >= 15 is 0 Å². The van der Waals surface area contributed by atoms with Gasteiger partial charge in [-0.3, -0.25) is 4.90 Å². The molecule has 1 saturated heterocycles. The molecule has 1 aliphatic rings. The van der Waals surface area contributed by atoms with E-state index in [0.717, 1.165) is 19.6 Å². The summed E-state index contributed by atoms with van der Waals surface area (Å²) >= 11 is 6.62. The highest BCUT2D eigenvalue weighted by molar-refractivity contribution is 6.21. The molecule has 4 atom stereocenters. The molecular formula is C18H28ClNO. The molecule has 21 heavy (non-hydrogen) atoms. The summed E-state index contributed by atoms with van der Waals surface area (Å²) in [4.78, 5) is 2.42. The van der Waals surface area contributed by atoms with Crippen LogP contribution in [0.15, 0.2) is 24.3 Å².